The van der Waals surface area contributed by atoms with E-state index in [4.69, 9.17) is 0 Å². The van der Waals surface area contributed by atoms with Crippen LogP contribution in [-0.2, 0) is 0 Å². The lowest BCUT2D eigenvalue weighted by Gasteiger charge is -2.29. The number of likely N-dealkylation sites (tertiary alicyclic amines) is 1. The lowest BCUT2D eigenvalue weighted by atomic mass is 9.99. The molecule has 0 spiro atoms. The Hall–Kier alpha value is -0.0800. The van der Waals surface area contributed by atoms with Gasteiger partial charge in [0, 0.05) is 25.2 Å². The largest absolute Gasteiger partial charge is 0.313 e. The van der Waals surface area contributed by atoms with Gasteiger partial charge in [-0.25, -0.2) is 0 Å². The van der Waals surface area contributed by atoms with Crippen LogP contribution in [0.3, 0.4) is 0 Å². The molecular weight excluding hydrogens is 184 g/mol. The summed E-state index contributed by atoms with van der Waals surface area (Å²) in [6, 6.07) is 1.59. The highest BCUT2D eigenvalue weighted by Gasteiger charge is 2.30. The average Bonchev–Trinajstić information content (AvgIpc) is 2.87. The molecule has 1 N–H and O–H groups in total. The number of nitrogens with one attached hydrogen (secondary N) is 1. The van der Waals surface area contributed by atoms with E-state index in [2.05, 4.69) is 24.1 Å². The van der Waals surface area contributed by atoms with Crippen molar-refractivity contribution in [3.05, 3.63) is 0 Å². The maximum atomic E-state index is 3.58. The molecule has 1 saturated carbocycles. The van der Waals surface area contributed by atoms with Gasteiger partial charge < -0.3 is 5.32 Å². The quantitative estimate of drug-likeness (QED) is 0.765. The molecule has 1 saturated heterocycles. The number of nitrogens with zero attached hydrogens (tertiary/aromatic N) is 1. The fourth-order valence-corrected chi connectivity index (χ4v) is 3.35. The lowest BCUT2D eigenvalue weighted by molar-refractivity contribution is 0.187. The predicted molar refractivity (Wildman–Crippen MR) is 65.1 cm³/mol. The maximum absolute atomic E-state index is 3.58. The minimum Gasteiger partial charge on any atom is -0.313 e. The number of likely N-dealkylation sites (N-methyl/N-ethyl adjacent to an activating group) is 1. The van der Waals surface area contributed by atoms with Crippen LogP contribution >= 0.6 is 0 Å². The summed E-state index contributed by atoms with van der Waals surface area (Å²) in [6.45, 7) is 8.38. The summed E-state index contributed by atoms with van der Waals surface area (Å²) in [5.41, 5.74) is 0. The predicted octanol–water partition coefficient (Wildman–Crippen LogP) is 2.25. The molecule has 2 fully saturated rings. The third kappa shape index (κ3) is 2.73. The first kappa shape index (κ1) is 11.4. The molecule has 2 heteroatoms. The minimum atomic E-state index is 0.763. The second kappa shape index (κ2) is 5.31. The van der Waals surface area contributed by atoms with Gasteiger partial charge in [0.2, 0.25) is 0 Å². The van der Waals surface area contributed by atoms with Gasteiger partial charge in [-0.3, -0.25) is 4.90 Å². The van der Waals surface area contributed by atoms with Crippen LogP contribution < -0.4 is 5.32 Å². The van der Waals surface area contributed by atoms with Gasteiger partial charge in [-0.15, -0.1) is 0 Å². The van der Waals surface area contributed by atoms with Crippen molar-refractivity contribution in [3.8, 4) is 0 Å². The molecule has 2 rings (SSSR count). The van der Waals surface area contributed by atoms with Crippen molar-refractivity contribution in [1.29, 1.82) is 0 Å². The highest BCUT2D eigenvalue weighted by Crippen LogP contribution is 2.31. The Morgan fingerprint density at radius 2 is 2.00 bits per heavy atom. The highest BCUT2D eigenvalue weighted by atomic mass is 15.2. The van der Waals surface area contributed by atoms with E-state index in [-0.39, 0.29) is 0 Å². The van der Waals surface area contributed by atoms with E-state index in [9.17, 15) is 0 Å². The van der Waals surface area contributed by atoms with Crippen LogP contribution in [0, 0.1) is 5.92 Å². The zero-order valence-corrected chi connectivity index (χ0v) is 10.3. The number of hydrogen-bond acceptors (Lipinski definition) is 2. The van der Waals surface area contributed by atoms with Gasteiger partial charge in [0.15, 0.2) is 0 Å². The van der Waals surface area contributed by atoms with Gasteiger partial charge in [0.25, 0.3) is 0 Å². The molecule has 15 heavy (non-hydrogen) atoms. The molecule has 1 aliphatic heterocycles. The van der Waals surface area contributed by atoms with Crippen LogP contribution in [0.5, 0.6) is 0 Å². The zero-order chi connectivity index (χ0) is 10.7. The standard InChI is InChI=1S/C13H26N2/c1-3-14-13-8-9-15(10-13)11(2)12-6-4-5-7-12/h11-14H,3-10H2,1-2H3. The molecule has 0 radical (unpaired) electrons. The second-order valence-electron chi connectivity index (χ2n) is 5.32. The normalized spacial score (nSPS) is 31.2. The molecule has 1 heterocycles. The summed E-state index contributed by atoms with van der Waals surface area (Å²) in [4.78, 5) is 2.71. The maximum Gasteiger partial charge on any atom is 0.0207 e. The van der Waals surface area contributed by atoms with Gasteiger partial charge >= 0.3 is 0 Å². The van der Waals surface area contributed by atoms with Crippen LogP contribution in [0.15, 0.2) is 0 Å². The first-order chi connectivity index (χ1) is 7.31. The van der Waals surface area contributed by atoms with E-state index in [1.54, 1.807) is 0 Å². The fraction of sp³-hybridized carbons (Fsp3) is 1.00. The van der Waals surface area contributed by atoms with Crippen molar-refractivity contribution in [1.82, 2.24) is 10.2 Å². The highest BCUT2D eigenvalue weighted by molar-refractivity contribution is 4.87. The first-order valence-electron chi connectivity index (χ1n) is 6.78. The van der Waals surface area contributed by atoms with Gasteiger partial charge in [0.05, 0.1) is 0 Å². The molecule has 0 aromatic carbocycles. The summed E-state index contributed by atoms with van der Waals surface area (Å²) in [7, 11) is 0. The Labute approximate surface area is 94.4 Å². The third-order valence-electron chi connectivity index (χ3n) is 4.37. The van der Waals surface area contributed by atoms with Crippen LogP contribution in [0.2, 0.25) is 0 Å². The Bertz CT molecular complexity index is 187. The van der Waals surface area contributed by atoms with Crippen molar-refractivity contribution >= 4 is 0 Å². The van der Waals surface area contributed by atoms with Gasteiger partial charge in [-0.2, -0.15) is 0 Å². The van der Waals surface area contributed by atoms with Crippen molar-refractivity contribution < 1.29 is 0 Å². The number of rotatable bonds is 4. The minimum absolute atomic E-state index is 0.763. The molecule has 88 valence electrons. The van der Waals surface area contributed by atoms with E-state index >= 15 is 0 Å². The summed E-state index contributed by atoms with van der Waals surface area (Å²) >= 11 is 0. The summed E-state index contributed by atoms with van der Waals surface area (Å²) in [6.07, 6.45) is 7.25. The van der Waals surface area contributed by atoms with Crippen molar-refractivity contribution in [2.45, 2.75) is 58.0 Å². The summed E-state index contributed by atoms with van der Waals surface area (Å²) in [5.74, 6) is 0.991. The van der Waals surface area contributed by atoms with E-state index in [1.165, 1.54) is 45.2 Å². The number of hydrogen-bond donors (Lipinski definition) is 1. The van der Waals surface area contributed by atoms with Crippen LogP contribution in [0.25, 0.3) is 0 Å². The van der Waals surface area contributed by atoms with Gasteiger partial charge in [0.1, 0.15) is 0 Å². The molecular formula is C13H26N2. The average molecular weight is 210 g/mol. The summed E-state index contributed by atoms with van der Waals surface area (Å²) in [5, 5.41) is 3.58. The molecule has 0 aromatic rings. The summed E-state index contributed by atoms with van der Waals surface area (Å²) < 4.78 is 0. The topological polar surface area (TPSA) is 15.3 Å². The van der Waals surface area contributed by atoms with Crippen LogP contribution in [-0.4, -0.2) is 36.6 Å². The molecule has 2 unspecified atom stereocenters. The van der Waals surface area contributed by atoms with E-state index in [0.29, 0.717) is 0 Å². The van der Waals surface area contributed by atoms with E-state index in [0.717, 1.165) is 24.5 Å². The van der Waals surface area contributed by atoms with Crippen molar-refractivity contribution in [2.75, 3.05) is 19.6 Å². The third-order valence-corrected chi connectivity index (χ3v) is 4.37. The second-order valence-corrected chi connectivity index (χ2v) is 5.32. The molecule has 2 atom stereocenters. The molecule has 2 aliphatic rings. The van der Waals surface area contributed by atoms with E-state index < -0.39 is 0 Å². The van der Waals surface area contributed by atoms with Crippen molar-refractivity contribution in [3.63, 3.8) is 0 Å². The Morgan fingerprint density at radius 3 is 2.67 bits per heavy atom. The molecule has 0 bridgehead atoms. The Morgan fingerprint density at radius 1 is 1.27 bits per heavy atom. The van der Waals surface area contributed by atoms with Gasteiger partial charge in [-0.05, 0) is 38.6 Å². The lowest BCUT2D eigenvalue weighted by Crippen LogP contribution is -2.39. The molecule has 2 nitrogen and oxygen atoms in total. The smallest absolute Gasteiger partial charge is 0.0207 e. The van der Waals surface area contributed by atoms with Gasteiger partial charge in [-0.1, -0.05) is 19.8 Å². The fourth-order valence-electron chi connectivity index (χ4n) is 3.35. The molecule has 0 aromatic heterocycles. The van der Waals surface area contributed by atoms with Crippen molar-refractivity contribution in [2.24, 2.45) is 5.92 Å². The molecule has 1 aliphatic carbocycles. The first-order valence-corrected chi connectivity index (χ1v) is 6.78. The Balaban J connectivity index is 1.79. The zero-order valence-electron chi connectivity index (χ0n) is 10.3. The Kier molecular flexibility index (Phi) is 4.04. The SMILES string of the molecule is CCNC1CCN(C(C)C2CCCC2)C1. The van der Waals surface area contributed by atoms with E-state index in [1.807, 2.05) is 0 Å². The molecule has 0 amide bonds. The van der Waals surface area contributed by atoms with Crippen LogP contribution in [0.4, 0.5) is 0 Å². The van der Waals surface area contributed by atoms with Crippen LogP contribution in [0.1, 0.15) is 46.0 Å². The monoisotopic (exact) mass is 210 g/mol.